The second-order valence-corrected chi connectivity index (χ2v) is 2.82. The van der Waals surface area contributed by atoms with Crippen molar-refractivity contribution in [3.8, 4) is 0 Å². The van der Waals surface area contributed by atoms with E-state index in [0.717, 1.165) is 3.57 Å². The third-order valence-electron chi connectivity index (χ3n) is 0.914. The molecule has 0 aliphatic rings. The van der Waals surface area contributed by atoms with Gasteiger partial charge in [0.2, 0.25) is 0 Å². The highest BCUT2D eigenvalue weighted by atomic mass is 127. The van der Waals surface area contributed by atoms with E-state index >= 15 is 0 Å². The third-order valence-corrected chi connectivity index (χ3v) is 1.58. The molecule has 0 fully saturated rings. The molecule has 0 aliphatic carbocycles. The first-order valence-corrected chi connectivity index (χ1v) is 3.50. The molecule has 1 rings (SSSR count). The Morgan fingerprint density at radius 3 is 2.67 bits per heavy atom. The number of benzene rings is 1. The minimum atomic E-state index is 0.488. The zero-order valence-corrected chi connectivity index (χ0v) is 6.70. The minimum Gasteiger partial charge on any atom is -0.145 e. The van der Waals surface area contributed by atoms with Crippen LogP contribution < -0.4 is 0 Å². The summed E-state index contributed by atoms with van der Waals surface area (Å²) in [4.78, 5) is 9.91. The highest BCUT2D eigenvalue weighted by Crippen LogP contribution is 2.14. The molecule has 0 radical (unpaired) electrons. The van der Waals surface area contributed by atoms with Gasteiger partial charge in [-0.1, -0.05) is 6.07 Å². The highest BCUT2D eigenvalue weighted by molar-refractivity contribution is 14.1. The molecule has 3 heteroatoms. The molecule has 0 heterocycles. The number of nitroso groups, excluding NO2 is 1. The molecule has 0 amide bonds. The predicted octanol–water partition coefficient (Wildman–Crippen LogP) is 2.69. The van der Waals surface area contributed by atoms with Gasteiger partial charge in [0.1, 0.15) is 5.69 Å². The van der Waals surface area contributed by atoms with Crippen LogP contribution in [0.4, 0.5) is 5.69 Å². The summed E-state index contributed by atoms with van der Waals surface area (Å²) in [6.45, 7) is 0. The Kier molecular flexibility index (Phi) is 2.16. The fourth-order valence-corrected chi connectivity index (χ4v) is 1.06. The van der Waals surface area contributed by atoms with E-state index < -0.39 is 0 Å². The van der Waals surface area contributed by atoms with Crippen LogP contribution in [0.15, 0.2) is 29.4 Å². The summed E-state index contributed by atoms with van der Waals surface area (Å²) in [5.74, 6) is 0. The van der Waals surface area contributed by atoms with Gasteiger partial charge in [0, 0.05) is 3.57 Å². The van der Waals surface area contributed by atoms with Crippen molar-refractivity contribution in [1.82, 2.24) is 0 Å². The normalized spacial score (nSPS) is 9.00. The van der Waals surface area contributed by atoms with Crippen molar-refractivity contribution in [3.63, 3.8) is 0 Å². The maximum absolute atomic E-state index is 9.91. The van der Waals surface area contributed by atoms with E-state index in [1.54, 1.807) is 18.2 Å². The van der Waals surface area contributed by atoms with Gasteiger partial charge in [-0.2, -0.15) is 0 Å². The van der Waals surface area contributed by atoms with Crippen molar-refractivity contribution < 1.29 is 0 Å². The lowest BCUT2D eigenvalue weighted by atomic mass is 10.3. The van der Waals surface area contributed by atoms with Crippen molar-refractivity contribution >= 4 is 28.3 Å². The molecule has 0 spiro atoms. The van der Waals surface area contributed by atoms with Crippen LogP contribution in [-0.4, -0.2) is 0 Å². The van der Waals surface area contributed by atoms with Crippen molar-refractivity contribution in [2.75, 3.05) is 0 Å². The van der Waals surface area contributed by atoms with Crippen LogP contribution in [0.2, 0.25) is 0 Å². The Bertz CT molecular complexity index is 224. The smallest absolute Gasteiger partial charge is 0.109 e. The number of hydrogen-bond acceptors (Lipinski definition) is 2. The minimum absolute atomic E-state index is 0.488. The zero-order valence-electron chi connectivity index (χ0n) is 4.54. The lowest BCUT2D eigenvalue weighted by molar-refractivity contribution is 1.48. The Hall–Kier alpha value is -0.450. The summed E-state index contributed by atoms with van der Waals surface area (Å²) >= 11 is 2.13. The highest BCUT2D eigenvalue weighted by Gasteiger charge is 1.88. The Morgan fingerprint density at radius 1 is 1.44 bits per heavy atom. The molecule has 46 valence electrons. The van der Waals surface area contributed by atoms with E-state index in [-0.39, 0.29) is 0 Å². The van der Waals surface area contributed by atoms with Gasteiger partial charge in [-0.3, -0.25) is 0 Å². The van der Waals surface area contributed by atoms with E-state index in [0.29, 0.717) is 5.69 Å². The number of nitrogens with zero attached hydrogens (tertiary/aromatic N) is 1. The van der Waals surface area contributed by atoms with Crippen molar-refractivity contribution in [1.29, 1.82) is 0 Å². The van der Waals surface area contributed by atoms with Crippen LogP contribution in [0, 0.1) is 8.48 Å². The summed E-state index contributed by atoms with van der Waals surface area (Å²) in [5.41, 5.74) is 0.488. The Labute approximate surface area is 66.4 Å². The van der Waals surface area contributed by atoms with Crippen LogP contribution in [0.5, 0.6) is 0 Å². The Morgan fingerprint density at radius 2 is 2.22 bits per heavy atom. The molecule has 0 aromatic heterocycles. The molecule has 0 unspecified atom stereocenters. The van der Waals surface area contributed by atoms with Gasteiger partial charge in [0.25, 0.3) is 0 Å². The summed E-state index contributed by atoms with van der Waals surface area (Å²) in [6, 6.07) is 7.12. The van der Waals surface area contributed by atoms with Crippen LogP contribution in [0.25, 0.3) is 0 Å². The molecule has 9 heavy (non-hydrogen) atoms. The first-order chi connectivity index (χ1) is 4.33. The molecule has 0 atom stereocenters. The first kappa shape index (κ1) is 6.67. The fourth-order valence-electron chi connectivity index (χ4n) is 0.533. The van der Waals surface area contributed by atoms with E-state index in [2.05, 4.69) is 27.8 Å². The molecular formula is C6H4INO. The molecular weight excluding hydrogens is 229 g/mol. The summed E-state index contributed by atoms with van der Waals surface area (Å²) in [7, 11) is 0. The van der Waals surface area contributed by atoms with Gasteiger partial charge < -0.3 is 0 Å². The summed E-state index contributed by atoms with van der Waals surface area (Å²) in [5, 5.41) is 2.78. The SMILES string of the molecule is O=Nc1cccc(I)c1. The van der Waals surface area contributed by atoms with Gasteiger partial charge in [-0.25, -0.2) is 0 Å². The van der Waals surface area contributed by atoms with Crippen LogP contribution in [-0.2, 0) is 0 Å². The average molecular weight is 233 g/mol. The van der Waals surface area contributed by atoms with Crippen LogP contribution in [0.3, 0.4) is 0 Å². The largest absolute Gasteiger partial charge is 0.145 e. The first-order valence-electron chi connectivity index (χ1n) is 2.42. The molecule has 0 saturated heterocycles. The maximum Gasteiger partial charge on any atom is 0.109 e. The number of halogens is 1. The number of rotatable bonds is 1. The van der Waals surface area contributed by atoms with Crippen LogP contribution in [0.1, 0.15) is 0 Å². The summed E-state index contributed by atoms with van der Waals surface area (Å²) in [6.07, 6.45) is 0. The van der Waals surface area contributed by atoms with Crippen molar-refractivity contribution in [2.24, 2.45) is 5.18 Å². The molecule has 0 N–H and O–H groups in total. The van der Waals surface area contributed by atoms with Gasteiger partial charge in [-0.15, -0.1) is 4.91 Å². The van der Waals surface area contributed by atoms with Gasteiger partial charge in [0.15, 0.2) is 0 Å². The van der Waals surface area contributed by atoms with Gasteiger partial charge in [-0.05, 0) is 46.0 Å². The fraction of sp³-hybridized carbons (Fsp3) is 0. The van der Waals surface area contributed by atoms with E-state index in [1.807, 2.05) is 6.07 Å². The zero-order chi connectivity index (χ0) is 6.69. The average Bonchev–Trinajstić information content (AvgIpc) is 1.88. The second-order valence-electron chi connectivity index (χ2n) is 1.57. The molecule has 0 aliphatic heterocycles. The van der Waals surface area contributed by atoms with Gasteiger partial charge >= 0.3 is 0 Å². The molecule has 2 nitrogen and oxygen atoms in total. The Balaban J connectivity index is 3.07. The standard InChI is InChI=1S/C6H4INO/c7-5-2-1-3-6(4-5)8-9/h1-4H. The quantitative estimate of drug-likeness (QED) is 0.541. The monoisotopic (exact) mass is 233 g/mol. The van der Waals surface area contributed by atoms with Gasteiger partial charge in [0.05, 0.1) is 0 Å². The van der Waals surface area contributed by atoms with E-state index in [1.165, 1.54) is 0 Å². The molecule has 0 bridgehead atoms. The van der Waals surface area contributed by atoms with E-state index in [4.69, 9.17) is 0 Å². The van der Waals surface area contributed by atoms with E-state index in [9.17, 15) is 4.91 Å². The maximum atomic E-state index is 9.91. The molecule has 1 aromatic carbocycles. The lowest BCUT2D eigenvalue weighted by Gasteiger charge is -1.87. The van der Waals surface area contributed by atoms with Crippen LogP contribution >= 0.6 is 22.6 Å². The van der Waals surface area contributed by atoms with Crippen molar-refractivity contribution in [3.05, 3.63) is 32.7 Å². The summed E-state index contributed by atoms with van der Waals surface area (Å²) < 4.78 is 1.03. The van der Waals surface area contributed by atoms with Crippen molar-refractivity contribution in [2.45, 2.75) is 0 Å². The third kappa shape index (κ3) is 1.74. The molecule has 0 saturated carbocycles. The molecule has 1 aromatic rings. The topological polar surface area (TPSA) is 29.4 Å². The number of hydrogen-bond donors (Lipinski definition) is 0. The lowest BCUT2D eigenvalue weighted by Crippen LogP contribution is -1.65. The second kappa shape index (κ2) is 2.91. The predicted molar refractivity (Wildman–Crippen MR) is 44.6 cm³/mol.